The molecule has 18 heavy (non-hydrogen) atoms. The van der Waals surface area contributed by atoms with E-state index in [4.69, 9.17) is 0 Å². The Bertz CT molecular complexity index is 615. The van der Waals surface area contributed by atoms with Crippen molar-refractivity contribution in [2.75, 3.05) is 5.32 Å². The van der Waals surface area contributed by atoms with Crippen LogP contribution in [-0.2, 0) is 6.54 Å². The van der Waals surface area contributed by atoms with E-state index in [9.17, 15) is 4.79 Å². The van der Waals surface area contributed by atoms with E-state index in [2.05, 4.69) is 15.3 Å². The van der Waals surface area contributed by atoms with Gasteiger partial charge < -0.3 is 9.88 Å². The zero-order valence-corrected chi connectivity index (χ0v) is 10.9. The van der Waals surface area contributed by atoms with Gasteiger partial charge in [-0.3, -0.25) is 4.79 Å². The lowest BCUT2D eigenvalue weighted by Crippen LogP contribution is -2.23. The molecule has 0 unspecified atom stereocenters. The Labute approximate surface area is 109 Å². The van der Waals surface area contributed by atoms with Gasteiger partial charge in [0.2, 0.25) is 0 Å². The highest BCUT2D eigenvalue weighted by atomic mass is 32.1. The van der Waals surface area contributed by atoms with Gasteiger partial charge in [0.25, 0.3) is 5.56 Å². The zero-order chi connectivity index (χ0) is 12.5. The number of hydrogen-bond acceptors (Lipinski definition) is 5. The Kier molecular flexibility index (Phi) is 2.87. The van der Waals surface area contributed by atoms with E-state index >= 15 is 0 Å². The van der Waals surface area contributed by atoms with Gasteiger partial charge in [0.1, 0.15) is 0 Å². The molecule has 1 aliphatic rings. The molecule has 0 amide bonds. The molecule has 1 saturated carbocycles. The van der Waals surface area contributed by atoms with Gasteiger partial charge in [-0.15, -0.1) is 11.3 Å². The van der Waals surface area contributed by atoms with Crippen molar-refractivity contribution in [3.8, 4) is 0 Å². The highest BCUT2D eigenvalue weighted by molar-refractivity contribution is 7.11. The van der Waals surface area contributed by atoms with Gasteiger partial charge >= 0.3 is 0 Å². The fraction of sp³-hybridized carbons (Fsp3) is 0.417. The van der Waals surface area contributed by atoms with Crippen molar-refractivity contribution in [3.63, 3.8) is 0 Å². The molecule has 0 bridgehead atoms. The van der Waals surface area contributed by atoms with Crippen LogP contribution >= 0.6 is 11.3 Å². The predicted octanol–water partition coefficient (Wildman–Crippen LogP) is 1.96. The third kappa shape index (κ3) is 2.28. The number of thiazole rings is 1. The molecule has 2 heterocycles. The van der Waals surface area contributed by atoms with Gasteiger partial charge in [-0.05, 0) is 19.8 Å². The maximum atomic E-state index is 12.1. The summed E-state index contributed by atoms with van der Waals surface area (Å²) in [7, 11) is 0. The third-order valence-corrected chi connectivity index (χ3v) is 3.82. The molecule has 2 aromatic heterocycles. The topological polar surface area (TPSA) is 59.8 Å². The lowest BCUT2D eigenvalue weighted by Gasteiger charge is -2.06. The van der Waals surface area contributed by atoms with E-state index in [0.29, 0.717) is 18.4 Å². The average molecular weight is 262 g/mol. The molecule has 94 valence electrons. The quantitative estimate of drug-likeness (QED) is 0.915. The highest BCUT2D eigenvalue weighted by Crippen LogP contribution is 2.33. The molecule has 1 aliphatic carbocycles. The monoisotopic (exact) mass is 262 g/mol. The fourth-order valence-corrected chi connectivity index (χ4v) is 2.58. The van der Waals surface area contributed by atoms with E-state index in [0.717, 1.165) is 22.7 Å². The lowest BCUT2D eigenvalue weighted by atomic mass is 10.5. The Balaban J connectivity index is 1.76. The van der Waals surface area contributed by atoms with Crippen LogP contribution in [0, 0.1) is 6.92 Å². The predicted molar refractivity (Wildman–Crippen MR) is 70.9 cm³/mol. The number of aryl methyl sites for hydroxylation is 1. The van der Waals surface area contributed by atoms with E-state index < -0.39 is 0 Å². The number of aromatic nitrogens is 3. The Morgan fingerprint density at radius 1 is 1.50 bits per heavy atom. The molecule has 1 fully saturated rings. The maximum absolute atomic E-state index is 12.1. The van der Waals surface area contributed by atoms with Crippen LogP contribution in [0.25, 0.3) is 0 Å². The minimum absolute atomic E-state index is 0.0266. The molecule has 5 nitrogen and oxygen atoms in total. The summed E-state index contributed by atoms with van der Waals surface area (Å²) in [5.41, 5.74) is -0.0266. The van der Waals surface area contributed by atoms with Crippen LogP contribution in [0.1, 0.15) is 28.8 Å². The third-order valence-electron chi connectivity index (χ3n) is 2.91. The SMILES string of the molecule is Cc1ncc(CNc2nccn(C3CC3)c2=O)s1. The molecular weight excluding hydrogens is 248 g/mol. The van der Waals surface area contributed by atoms with E-state index in [1.807, 2.05) is 13.1 Å². The summed E-state index contributed by atoms with van der Waals surface area (Å²) in [4.78, 5) is 21.5. The number of nitrogens with one attached hydrogen (secondary N) is 1. The first kappa shape index (κ1) is 11.4. The first-order chi connectivity index (χ1) is 8.74. The molecule has 0 radical (unpaired) electrons. The normalized spacial score (nSPS) is 14.7. The van der Waals surface area contributed by atoms with Crippen molar-refractivity contribution >= 4 is 17.2 Å². The first-order valence-corrected chi connectivity index (χ1v) is 6.78. The maximum Gasteiger partial charge on any atom is 0.293 e. The Morgan fingerprint density at radius 2 is 2.33 bits per heavy atom. The molecule has 0 spiro atoms. The molecule has 2 aromatic rings. The summed E-state index contributed by atoms with van der Waals surface area (Å²) in [5, 5.41) is 4.12. The molecule has 1 N–H and O–H groups in total. The van der Waals surface area contributed by atoms with Crippen LogP contribution in [0.3, 0.4) is 0 Å². The van der Waals surface area contributed by atoms with Crippen LogP contribution in [0.15, 0.2) is 23.4 Å². The van der Waals surface area contributed by atoms with Gasteiger partial charge in [0.15, 0.2) is 5.82 Å². The van der Waals surface area contributed by atoms with E-state index in [1.165, 1.54) is 0 Å². The first-order valence-electron chi connectivity index (χ1n) is 5.96. The fourth-order valence-electron chi connectivity index (χ4n) is 1.84. The number of hydrogen-bond donors (Lipinski definition) is 1. The van der Waals surface area contributed by atoms with E-state index in [1.54, 1.807) is 28.3 Å². The summed E-state index contributed by atoms with van der Waals surface area (Å²) >= 11 is 1.63. The van der Waals surface area contributed by atoms with Crippen molar-refractivity contribution in [2.45, 2.75) is 32.4 Å². The molecule has 3 rings (SSSR count). The Hall–Kier alpha value is -1.69. The summed E-state index contributed by atoms with van der Waals surface area (Å²) in [6.07, 6.45) is 7.46. The summed E-state index contributed by atoms with van der Waals surface area (Å²) in [5.74, 6) is 0.426. The van der Waals surface area contributed by atoms with Gasteiger partial charge in [-0.2, -0.15) is 0 Å². The highest BCUT2D eigenvalue weighted by Gasteiger charge is 2.25. The van der Waals surface area contributed by atoms with E-state index in [-0.39, 0.29) is 5.56 Å². The smallest absolute Gasteiger partial charge is 0.293 e. The van der Waals surface area contributed by atoms with Crippen molar-refractivity contribution in [1.82, 2.24) is 14.5 Å². The molecular formula is C12H14N4OS. The molecule has 0 aromatic carbocycles. The van der Waals surface area contributed by atoms with Crippen molar-refractivity contribution in [1.29, 1.82) is 0 Å². The molecule has 0 aliphatic heterocycles. The number of anilines is 1. The van der Waals surface area contributed by atoms with Crippen LogP contribution in [-0.4, -0.2) is 14.5 Å². The van der Waals surface area contributed by atoms with Gasteiger partial charge in [-0.25, -0.2) is 9.97 Å². The Morgan fingerprint density at radius 3 is 3.00 bits per heavy atom. The second-order valence-electron chi connectivity index (χ2n) is 4.42. The van der Waals surface area contributed by atoms with Crippen LogP contribution in [0.2, 0.25) is 0 Å². The lowest BCUT2D eigenvalue weighted by molar-refractivity contribution is 0.699. The average Bonchev–Trinajstić information content (AvgIpc) is 3.11. The van der Waals surface area contributed by atoms with Crippen molar-refractivity contribution < 1.29 is 0 Å². The van der Waals surface area contributed by atoms with Gasteiger partial charge in [0.05, 0.1) is 11.6 Å². The molecule has 0 atom stereocenters. The van der Waals surface area contributed by atoms with Gasteiger partial charge in [0, 0.05) is 29.5 Å². The van der Waals surface area contributed by atoms with Crippen LogP contribution < -0.4 is 10.9 Å². The second kappa shape index (κ2) is 4.53. The van der Waals surface area contributed by atoms with Crippen molar-refractivity contribution in [2.24, 2.45) is 0 Å². The van der Waals surface area contributed by atoms with Crippen LogP contribution in [0.4, 0.5) is 5.82 Å². The minimum Gasteiger partial charge on any atom is -0.361 e. The largest absolute Gasteiger partial charge is 0.361 e. The number of rotatable bonds is 4. The summed E-state index contributed by atoms with van der Waals surface area (Å²) in [6, 6.07) is 0.381. The zero-order valence-electron chi connectivity index (χ0n) is 10.1. The second-order valence-corrected chi connectivity index (χ2v) is 5.74. The summed E-state index contributed by atoms with van der Waals surface area (Å²) < 4.78 is 1.77. The summed E-state index contributed by atoms with van der Waals surface area (Å²) in [6.45, 7) is 2.57. The standard InChI is InChI=1S/C12H14N4OS/c1-8-14-6-10(18-8)7-15-11-12(17)16(5-4-13-11)9-2-3-9/h4-6,9H,2-3,7H2,1H3,(H,13,15). The number of nitrogens with zero attached hydrogens (tertiary/aromatic N) is 3. The minimum atomic E-state index is -0.0266. The van der Waals surface area contributed by atoms with Gasteiger partial charge in [-0.1, -0.05) is 0 Å². The van der Waals surface area contributed by atoms with Crippen molar-refractivity contribution in [3.05, 3.63) is 38.8 Å². The van der Waals surface area contributed by atoms with Crippen LogP contribution in [0.5, 0.6) is 0 Å². The molecule has 0 saturated heterocycles. The molecule has 6 heteroatoms.